The molecule has 1 rings (SSSR count). The summed E-state index contributed by atoms with van der Waals surface area (Å²) < 4.78 is 0. The number of pyridine rings is 1. The van der Waals surface area contributed by atoms with E-state index < -0.39 is 0 Å². The summed E-state index contributed by atoms with van der Waals surface area (Å²) in [7, 11) is 0. The number of hydrogen-bond donors (Lipinski definition) is 2. The zero-order chi connectivity index (χ0) is 12.8. The van der Waals surface area contributed by atoms with Gasteiger partial charge in [0.2, 0.25) is 0 Å². The Bertz CT molecular complexity index is 344. The SMILES string of the molecule is CC(O)CC(C)CNC(C)c1cccnc1Cl. The Hall–Kier alpha value is -0.640. The molecule has 0 amide bonds. The molecule has 3 atom stereocenters. The van der Waals surface area contributed by atoms with Crippen LogP contribution in [0.4, 0.5) is 0 Å². The monoisotopic (exact) mass is 256 g/mol. The van der Waals surface area contributed by atoms with Crippen molar-refractivity contribution in [2.24, 2.45) is 5.92 Å². The van der Waals surface area contributed by atoms with Crippen LogP contribution in [0, 0.1) is 5.92 Å². The molecular weight excluding hydrogens is 236 g/mol. The third kappa shape index (κ3) is 5.02. The Morgan fingerprint density at radius 2 is 2.12 bits per heavy atom. The minimum Gasteiger partial charge on any atom is -0.393 e. The van der Waals surface area contributed by atoms with Crippen LogP contribution in [-0.4, -0.2) is 22.7 Å². The highest BCUT2D eigenvalue weighted by Crippen LogP contribution is 2.20. The van der Waals surface area contributed by atoms with Gasteiger partial charge in [0.05, 0.1) is 6.10 Å². The Labute approximate surface area is 108 Å². The van der Waals surface area contributed by atoms with Gasteiger partial charge in [-0.25, -0.2) is 4.98 Å². The van der Waals surface area contributed by atoms with E-state index in [9.17, 15) is 5.11 Å². The van der Waals surface area contributed by atoms with E-state index >= 15 is 0 Å². The van der Waals surface area contributed by atoms with Crippen molar-refractivity contribution in [2.75, 3.05) is 6.54 Å². The molecule has 3 unspecified atom stereocenters. The average molecular weight is 257 g/mol. The lowest BCUT2D eigenvalue weighted by molar-refractivity contribution is 0.162. The molecule has 0 aliphatic carbocycles. The number of halogens is 1. The highest BCUT2D eigenvalue weighted by Gasteiger charge is 2.12. The second-order valence-corrected chi connectivity index (χ2v) is 5.06. The van der Waals surface area contributed by atoms with Crippen molar-refractivity contribution in [2.45, 2.75) is 39.3 Å². The van der Waals surface area contributed by atoms with E-state index in [1.165, 1.54) is 0 Å². The Morgan fingerprint density at radius 1 is 1.41 bits per heavy atom. The third-order valence-electron chi connectivity index (χ3n) is 2.77. The molecule has 0 saturated heterocycles. The largest absolute Gasteiger partial charge is 0.393 e. The van der Waals surface area contributed by atoms with Gasteiger partial charge in [-0.15, -0.1) is 0 Å². The van der Waals surface area contributed by atoms with E-state index in [-0.39, 0.29) is 12.1 Å². The number of rotatable bonds is 6. The molecular formula is C13H21ClN2O. The normalized spacial score (nSPS) is 16.5. The molecule has 4 heteroatoms. The van der Waals surface area contributed by atoms with Gasteiger partial charge < -0.3 is 10.4 Å². The maximum absolute atomic E-state index is 9.29. The summed E-state index contributed by atoms with van der Waals surface area (Å²) in [6.07, 6.45) is 2.25. The van der Waals surface area contributed by atoms with Gasteiger partial charge in [0.1, 0.15) is 5.15 Å². The zero-order valence-corrected chi connectivity index (χ0v) is 11.4. The molecule has 1 heterocycles. The fourth-order valence-corrected chi connectivity index (χ4v) is 2.16. The number of aliphatic hydroxyl groups excluding tert-OH is 1. The summed E-state index contributed by atoms with van der Waals surface area (Å²) in [6, 6.07) is 4.04. The zero-order valence-electron chi connectivity index (χ0n) is 10.7. The highest BCUT2D eigenvalue weighted by molar-refractivity contribution is 6.30. The lowest BCUT2D eigenvalue weighted by Gasteiger charge is -2.19. The third-order valence-corrected chi connectivity index (χ3v) is 3.09. The molecule has 2 N–H and O–H groups in total. The smallest absolute Gasteiger partial charge is 0.133 e. The predicted molar refractivity (Wildman–Crippen MR) is 71.1 cm³/mol. The minimum atomic E-state index is -0.246. The van der Waals surface area contributed by atoms with Crippen LogP contribution in [0.1, 0.15) is 38.8 Å². The summed E-state index contributed by atoms with van der Waals surface area (Å²) in [5, 5.41) is 13.3. The molecule has 0 aliphatic heterocycles. The van der Waals surface area contributed by atoms with Crippen molar-refractivity contribution < 1.29 is 5.11 Å². The van der Waals surface area contributed by atoms with Gasteiger partial charge in [0, 0.05) is 17.8 Å². The van der Waals surface area contributed by atoms with E-state index in [4.69, 9.17) is 11.6 Å². The van der Waals surface area contributed by atoms with Gasteiger partial charge in [0.25, 0.3) is 0 Å². The summed E-state index contributed by atoms with van der Waals surface area (Å²) in [6.45, 7) is 6.87. The van der Waals surface area contributed by atoms with Gasteiger partial charge in [-0.05, 0) is 38.8 Å². The Morgan fingerprint density at radius 3 is 2.71 bits per heavy atom. The Kier molecular flexibility index (Phi) is 5.89. The molecule has 96 valence electrons. The molecule has 17 heavy (non-hydrogen) atoms. The summed E-state index contributed by atoms with van der Waals surface area (Å²) in [5.74, 6) is 0.438. The second kappa shape index (κ2) is 6.94. The average Bonchev–Trinajstić information content (AvgIpc) is 2.25. The van der Waals surface area contributed by atoms with Crippen LogP contribution in [0.3, 0.4) is 0 Å². The van der Waals surface area contributed by atoms with Crippen molar-refractivity contribution in [1.82, 2.24) is 10.3 Å². The first-order chi connectivity index (χ1) is 8.00. The van der Waals surface area contributed by atoms with Crippen LogP contribution < -0.4 is 5.32 Å². The van der Waals surface area contributed by atoms with E-state index in [1.54, 1.807) is 6.20 Å². The van der Waals surface area contributed by atoms with Crippen molar-refractivity contribution in [3.8, 4) is 0 Å². The first-order valence-corrected chi connectivity index (χ1v) is 6.40. The fraction of sp³-hybridized carbons (Fsp3) is 0.615. The minimum absolute atomic E-state index is 0.174. The maximum Gasteiger partial charge on any atom is 0.133 e. The topological polar surface area (TPSA) is 45.1 Å². The van der Waals surface area contributed by atoms with Gasteiger partial charge >= 0.3 is 0 Å². The molecule has 0 aromatic carbocycles. The molecule has 3 nitrogen and oxygen atoms in total. The predicted octanol–water partition coefficient (Wildman–Crippen LogP) is 2.79. The van der Waals surface area contributed by atoms with Gasteiger partial charge in [-0.3, -0.25) is 0 Å². The number of aliphatic hydroxyl groups is 1. The van der Waals surface area contributed by atoms with E-state index in [0.717, 1.165) is 18.5 Å². The van der Waals surface area contributed by atoms with E-state index in [0.29, 0.717) is 11.1 Å². The van der Waals surface area contributed by atoms with Crippen molar-refractivity contribution in [3.05, 3.63) is 29.0 Å². The first kappa shape index (κ1) is 14.4. The molecule has 0 fully saturated rings. The maximum atomic E-state index is 9.29. The number of nitrogens with zero attached hydrogens (tertiary/aromatic N) is 1. The molecule has 0 saturated carbocycles. The molecule has 0 spiro atoms. The van der Waals surface area contributed by atoms with E-state index in [1.807, 2.05) is 19.1 Å². The second-order valence-electron chi connectivity index (χ2n) is 4.70. The van der Waals surface area contributed by atoms with Crippen molar-refractivity contribution in [3.63, 3.8) is 0 Å². The summed E-state index contributed by atoms with van der Waals surface area (Å²) in [5.41, 5.74) is 1.01. The van der Waals surface area contributed by atoms with Gasteiger partial charge in [-0.1, -0.05) is 24.6 Å². The molecule has 0 radical (unpaired) electrons. The summed E-state index contributed by atoms with van der Waals surface area (Å²) >= 11 is 6.03. The quantitative estimate of drug-likeness (QED) is 0.770. The first-order valence-electron chi connectivity index (χ1n) is 6.02. The number of aromatic nitrogens is 1. The van der Waals surface area contributed by atoms with Gasteiger partial charge in [0.15, 0.2) is 0 Å². The van der Waals surface area contributed by atoms with Crippen molar-refractivity contribution in [1.29, 1.82) is 0 Å². The molecule has 0 aliphatic rings. The fourth-order valence-electron chi connectivity index (χ4n) is 1.88. The van der Waals surface area contributed by atoms with Crippen LogP contribution in [0.2, 0.25) is 5.15 Å². The van der Waals surface area contributed by atoms with Crippen molar-refractivity contribution >= 4 is 11.6 Å². The van der Waals surface area contributed by atoms with E-state index in [2.05, 4.69) is 24.1 Å². The van der Waals surface area contributed by atoms with Gasteiger partial charge in [-0.2, -0.15) is 0 Å². The van der Waals surface area contributed by atoms with Crippen LogP contribution in [-0.2, 0) is 0 Å². The van der Waals surface area contributed by atoms with Crippen LogP contribution in [0.5, 0.6) is 0 Å². The number of nitrogens with one attached hydrogen (secondary N) is 1. The summed E-state index contributed by atoms with van der Waals surface area (Å²) in [4.78, 5) is 4.06. The van der Waals surface area contributed by atoms with Crippen LogP contribution >= 0.6 is 11.6 Å². The molecule has 1 aromatic rings. The lowest BCUT2D eigenvalue weighted by atomic mass is 10.0. The number of hydrogen-bond acceptors (Lipinski definition) is 3. The molecule has 0 bridgehead atoms. The molecule has 1 aromatic heterocycles. The Balaban J connectivity index is 2.45. The highest BCUT2D eigenvalue weighted by atomic mass is 35.5. The lowest BCUT2D eigenvalue weighted by Crippen LogP contribution is -2.26. The standard InChI is InChI=1S/C13H21ClN2O/c1-9(7-10(2)17)8-16-11(3)12-5-4-6-15-13(12)14/h4-6,9-11,16-17H,7-8H2,1-3H3. The van der Waals surface area contributed by atoms with Crippen LogP contribution in [0.15, 0.2) is 18.3 Å². The van der Waals surface area contributed by atoms with Crippen LogP contribution in [0.25, 0.3) is 0 Å².